The lowest BCUT2D eigenvalue weighted by atomic mass is 9.87. The van der Waals surface area contributed by atoms with Crippen LogP contribution in [0.4, 0.5) is 4.79 Å². The molecular weight excluding hydrogens is 272 g/mol. The highest BCUT2D eigenvalue weighted by molar-refractivity contribution is 7.91. The SMILES string of the molecule is CC(C)(C)C(NC(=O)NC1CCS(=O)(=O)C1)C(=O)O. The Balaban J connectivity index is 2.58. The van der Waals surface area contributed by atoms with Crippen molar-refractivity contribution in [1.29, 1.82) is 0 Å². The first-order valence-corrected chi connectivity index (χ1v) is 7.84. The number of hydrogen-bond donors (Lipinski definition) is 3. The maximum atomic E-state index is 11.7. The van der Waals surface area contributed by atoms with Crippen LogP contribution in [-0.2, 0) is 14.6 Å². The zero-order chi connectivity index (χ0) is 14.8. The summed E-state index contributed by atoms with van der Waals surface area (Å²) in [5.41, 5.74) is -0.634. The highest BCUT2D eigenvalue weighted by Gasteiger charge is 2.34. The topological polar surface area (TPSA) is 113 Å². The van der Waals surface area contributed by atoms with Gasteiger partial charge in [-0.05, 0) is 11.8 Å². The van der Waals surface area contributed by atoms with Crippen molar-refractivity contribution in [3.05, 3.63) is 0 Å². The van der Waals surface area contributed by atoms with Gasteiger partial charge in [0.05, 0.1) is 11.5 Å². The van der Waals surface area contributed by atoms with Crippen molar-refractivity contribution in [2.24, 2.45) is 5.41 Å². The van der Waals surface area contributed by atoms with E-state index >= 15 is 0 Å². The molecule has 1 heterocycles. The monoisotopic (exact) mass is 292 g/mol. The van der Waals surface area contributed by atoms with Gasteiger partial charge < -0.3 is 15.7 Å². The van der Waals surface area contributed by atoms with Gasteiger partial charge in [0.25, 0.3) is 0 Å². The van der Waals surface area contributed by atoms with E-state index in [1.807, 2.05) is 0 Å². The lowest BCUT2D eigenvalue weighted by Crippen LogP contribution is -2.54. The molecule has 0 aromatic heterocycles. The first-order valence-electron chi connectivity index (χ1n) is 6.01. The van der Waals surface area contributed by atoms with Crippen LogP contribution in [0.5, 0.6) is 0 Å². The molecule has 0 aromatic carbocycles. The number of hydrogen-bond acceptors (Lipinski definition) is 4. The minimum atomic E-state index is -3.07. The Bertz CT molecular complexity index is 466. The predicted octanol–water partition coefficient (Wildman–Crippen LogP) is -0.0280. The summed E-state index contributed by atoms with van der Waals surface area (Å²) in [7, 11) is -3.07. The molecule has 1 aliphatic rings. The van der Waals surface area contributed by atoms with E-state index < -0.39 is 39.3 Å². The number of aliphatic carboxylic acids is 1. The average Bonchev–Trinajstić information content (AvgIpc) is 2.52. The summed E-state index contributed by atoms with van der Waals surface area (Å²) in [6, 6.07) is -2.13. The second kappa shape index (κ2) is 5.36. The van der Waals surface area contributed by atoms with Crippen LogP contribution in [0.15, 0.2) is 0 Å². The summed E-state index contributed by atoms with van der Waals surface area (Å²) in [5.74, 6) is -1.16. The zero-order valence-corrected chi connectivity index (χ0v) is 12.1. The van der Waals surface area contributed by atoms with Crippen LogP contribution in [0.2, 0.25) is 0 Å². The van der Waals surface area contributed by atoms with Crippen molar-refractivity contribution in [3.8, 4) is 0 Å². The van der Waals surface area contributed by atoms with Crippen molar-refractivity contribution in [1.82, 2.24) is 10.6 Å². The van der Waals surface area contributed by atoms with Crippen molar-refractivity contribution in [2.45, 2.75) is 39.3 Å². The third-order valence-corrected chi connectivity index (χ3v) is 4.72. The Labute approximate surface area is 112 Å². The quantitative estimate of drug-likeness (QED) is 0.676. The molecular formula is C11H20N2O5S. The fraction of sp³-hybridized carbons (Fsp3) is 0.818. The number of nitrogens with one attached hydrogen (secondary N) is 2. The van der Waals surface area contributed by atoms with E-state index in [2.05, 4.69) is 10.6 Å². The molecule has 0 spiro atoms. The summed E-state index contributed by atoms with van der Waals surface area (Å²) >= 11 is 0. The molecule has 0 radical (unpaired) electrons. The Morgan fingerprint density at radius 1 is 1.32 bits per heavy atom. The number of rotatable bonds is 3. The average molecular weight is 292 g/mol. The molecule has 1 fully saturated rings. The standard InChI is InChI=1S/C11H20N2O5S/c1-11(2,3)8(9(14)15)13-10(16)12-7-4-5-19(17,18)6-7/h7-8H,4-6H2,1-3H3,(H,14,15)(H2,12,13,16). The largest absolute Gasteiger partial charge is 0.480 e. The van der Waals surface area contributed by atoms with Crippen LogP contribution < -0.4 is 10.6 Å². The molecule has 1 rings (SSSR count). The van der Waals surface area contributed by atoms with E-state index in [4.69, 9.17) is 5.11 Å². The molecule has 1 aliphatic heterocycles. The molecule has 0 aromatic rings. The van der Waals surface area contributed by atoms with Gasteiger partial charge in [-0.15, -0.1) is 0 Å². The van der Waals surface area contributed by atoms with Crippen molar-refractivity contribution in [2.75, 3.05) is 11.5 Å². The fourth-order valence-corrected chi connectivity index (χ4v) is 3.59. The molecule has 2 atom stereocenters. The van der Waals surface area contributed by atoms with E-state index in [-0.39, 0.29) is 11.5 Å². The van der Waals surface area contributed by atoms with E-state index in [1.165, 1.54) is 0 Å². The minimum absolute atomic E-state index is 0.0551. The van der Waals surface area contributed by atoms with Gasteiger partial charge in [0.2, 0.25) is 0 Å². The second-order valence-electron chi connectivity index (χ2n) is 5.86. The predicted molar refractivity (Wildman–Crippen MR) is 69.6 cm³/mol. The Hall–Kier alpha value is -1.31. The van der Waals surface area contributed by atoms with Gasteiger partial charge in [-0.25, -0.2) is 18.0 Å². The van der Waals surface area contributed by atoms with Crippen LogP contribution in [-0.4, -0.2) is 49.1 Å². The maximum Gasteiger partial charge on any atom is 0.326 e. The van der Waals surface area contributed by atoms with Crippen molar-refractivity contribution < 1.29 is 23.1 Å². The van der Waals surface area contributed by atoms with E-state index in [1.54, 1.807) is 20.8 Å². The van der Waals surface area contributed by atoms with Crippen molar-refractivity contribution >= 4 is 21.8 Å². The molecule has 2 unspecified atom stereocenters. The molecule has 1 saturated heterocycles. The molecule has 2 amide bonds. The third-order valence-electron chi connectivity index (χ3n) is 2.96. The molecule has 0 bridgehead atoms. The Morgan fingerprint density at radius 3 is 2.26 bits per heavy atom. The highest BCUT2D eigenvalue weighted by atomic mass is 32.2. The maximum absolute atomic E-state index is 11.7. The van der Waals surface area contributed by atoms with Gasteiger partial charge in [0.15, 0.2) is 9.84 Å². The second-order valence-corrected chi connectivity index (χ2v) is 8.08. The molecule has 3 N–H and O–H groups in total. The van der Waals surface area contributed by atoms with Gasteiger partial charge in [0, 0.05) is 6.04 Å². The Kier molecular flexibility index (Phi) is 4.44. The molecule has 8 heteroatoms. The molecule has 7 nitrogen and oxygen atoms in total. The van der Waals surface area contributed by atoms with Crippen LogP contribution in [0.3, 0.4) is 0 Å². The molecule has 19 heavy (non-hydrogen) atoms. The van der Waals surface area contributed by atoms with Gasteiger partial charge in [-0.1, -0.05) is 20.8 Å². The zero-order valence-electron chi connectivity index (χ0n) is 11.3. The van der Waals surface area contributed by atoms with E-state index in [9.17, 15) is 18.0 Å². The number of carbonyl (C=O) groups excluding carboxylic acids is 1. The summed E-state index contributed by atoms with van der Waals surface area (Å²) in [5, 5.41) is 13.9. The van der Waals surface area contributed by atoms with Crippen LogP contribution in [0.1, 0.15) is 27.2 Å². The summed E-state index contributed by atoms with van der Waals surface area (Å²) < 4.78 is 22.5. The first kappa shape index (κ1) is 15.7. The number of sulfone groups is 1. The van der Waals surface area contributed by atoms with Crippen molar-refractivity contribution in [3.63, 3.8) is 0 Å². The molecule has 0 saturated carbocycles. The van der Waals surface area contributed by atoms with Crippen LogP contribution >= 0.6 is 0 Å². The van der Waals surface area contributed by atoms with E-state index in [0.717, 1.165) is 0 Å². The van der Waals surface area contributed by atoms with Gasteiger partial charge in [-0.2, -0.15) is 0 Å². The summed E-state index contributed by atoms with van der Waals surface area (Å²) in [4.78, 5) is 22.8. The van der Waals surface area contributed by atoms with Gasteiger partial charge in [0.1, 0.15) is 6.04 Å². The first-order chi connectivity index (χ1) is 8.51. The number of carbonyl (C=O) groups is 2. The summed E-state index contributed by atoms with van der Waals surface area (Å²) in [6.07, 6.45) is 0.364. The van der Waals surface area contributed by atoms with Crippen LogP contribution in [0, 0.1) is 5.41 Å². The number of carboxylic acids is 1. The lowest BCUT2D eigenvalue weighted by Gasteiger charge is -2.28. The van der Waals surface area contributed by atoms with Gasteiger partial charge >= 0.3 is 12.0 Å². The minimum Gasteiger partial charge on any atom is -0.480 e. The number of carboxylic acid groups (broad SMARTS) is 1. The van der Waals surface area contributed by atoms with Gasteiger partial charge in [-0.3, -0.25) is 0 Å². The summed E-state index contributed by atoms with van der Waals surface area (Å²) in [6.45, 7) is 5.10. The van der Waals surface area contributed by atoms with E-state index in [0.29, 0.717) is 6.42 Å². The number of amides is 2. The van der Waals surface area contributed by atoms with Crippen LogP contribution in [0.25, 0.3) is 0 Å². The normalized spacial score (nSPS) is 23.6. The molecule has 0 aliphatic carbocycles. The lowest BCUT2D eigenvalue weighted by molar-refractivity contribution is -0.141. The smallest absolute Gasteiger partial charge is 0.326 e. The Morgan fingerprint density at radius 2 is 1.89 bits per heavy atom. The third kappa shape index (κ3) is 4.70. The molecule has 110 valence electrons. The fourth-order valence-electron chi connectivity index (χ4n) is 1.92. The number of urea groups is 1. The highest BCUT2D eigenvalue weighted by Crippen LogP contribution is 2.19.